The molecule has 10 nitrogen and oxygen atoms in total. The second-order valence-electron chi connectivity index (χ2n) is 6.89. The van der Waals surface area contributed by atoms with Crippen molar-refractivity contribution in [1.82, 2.24) is 30.2 Å². The van der Waals surface area contributed by atoms with Gasteiger partial charge in [-0.1, -0.05) is 0 Å². The van der Waals surface area contributed by atoms with Gasteiger partial charge >= 0.3 is 0 Å². The van der Waals surface area contributed by atoms with E-state index in [0.717, 1.165) is 49.2 Å². The first kappa shape index (κ1) is 15.1. The number of fused-ring (bicyclic) bond motifs is 1. The molecule has 1 aliphatic carbocycles. The van der Waals surface area contributed by atoms with Gasteiger partial charge in [0.05, 0.1) is 10.9 Å². The highest BCUT2D eigenvalue weighted by molar-refractivity contribution is 5.97. The number of carbonyl (C=O) groups is 1. The van der Waals surface area contributed by atoms with E-state index in [0.29, 0.717) is 6.54 Å². The Hall–Kier alpha value is -3.17. The lowest BCUT2D eigenvalue weighted by Gasteiger charge is -2.32. The number of aromatic amines is 1. The number of nitrogens with one attached hydrogen (secondary N) is 1. The van der Waals surface area contributed by atoms with E-state index in [1.807, 2.05) is 17.2 Å². The van der Waals surface area contributed by atoms with Crippen LogP contribution in [0.15, 0.2) is 23.2 Å². The second kappa shape index (κ2) is 5.41. The van der Waals surface area contributed by atoms with Gasteiger partial charge in [-0.2, -0.15) is 0 Å². The maximum Gasteiger partial charge on any atom is 0.280 e. The van der Waals surface area contributed by atoms with E-state index < -0.39 is 0 Å². The quantitative estimate of drug-likeness (QED) is 0.691. The average molecular weight is 354 g/mol. The first-order valence-electron chi connectivity index (χ1n) is 8.61. The van der Waals surface area contributed by atoms with Gasteiger partial charge in [-0.05, 0) is 35.6 Å². The smallest absolute Gasteiger partial charge is 0.280 e. The van der Waals surface area contributed by atoms with Crippen LogP contribution in [0.4, 0.5) is 11.6 Å². The second-order valence-corrected chi connectivity index (χ2v) is 6.89. The number of nitrogens with two attached hydrogens (primary N) is 1. The van der Waals surface area contributed by atoms with Crippen LogP contribution in [0.2, 0.25) is 0 Å². The van der Waals surface area contributed by atoms with Crippen molar-refractivity contribution >= 4 is 28.6 Å². The molecule has 10 heteroatoms. The van der Waals surface area contributed by atoms with E-state index in [1.165, 1.54) is 0 Å². The number of H-pyrrole nitrogens is 1. The summed E-state index contributed by atoms with van der Waals surface area (Å²) in [5.74, 6) is 0.730. The molecule has 3 aromatic rings. The van der Waals surface area contributed by atoms with Crippen molar-refractivity contribution in [1.29, 1.82) is 0 Å². The van der Waals surface area contributed by atoms with E-state index in [4.69, 9.17) is 5.73 Å². The number of carbonyl (C=O) groups excluding carboxylic acids is 1. The lowest BCUT2D eigenvalue weighted by molar-refractivity contribution is 0.0659. The number of amides is 1. The van der Waals surface area contributed by atoms with E-state index in [9.17, 15) is 4.79 Å². The lowest BCUT2D eigenvalue weighted by atomic mass is 10.2. The average Bonchev–Trinajstić information content (AvgIpc) is 3.09. The number of rotatable bonds is 2. The standard InChI is InChI=1S/C16H18N8O2/c17-12-11(21-26-22-12)15(25)24-7-1-6-23(8-16(24)3-4-16)14-10-2-5-18-13(10)19-9-20-14/h2,5,9H,1,3-4,6-8H2,(H2,17,22)(H,18,19,20). The van der Waals surface area contributed by atoms with Crippen molar-refractivity contribution in [2.24, 2.45) is 0 Å². The molecule has 1 aliphatic heterocycles. The highest BCUT2D eigenvalue weighted by atomic mass is 16.6. The molecule has 0 bridgehead atoms. The fourth-order valence-electron chi connectivity index (χ4n) is 3.83. The minimum absolute atomic E-state index is 0.0386. The van der Waals surface area contributed by atoms with Crippen LogP contribution in [0.5, 0.6) is 0 Å². The summed E-state index contributed by atoms with van der Waals surface area (Å²) in [5.41, 5.74) is 6.42. The van der Waals surface area contributed by atoms with Crippen LogP contribution in [0, 0.1) is 0 Å². The monoisotopic (exact) mass is 354 g/mol. The summed E-state index contributed by atoms with van der Waals surface area (Å²) in [6.07, 6.45) is 6.16. The number of nitrogens with zero attached hydrogens (tertiary/aromatic N) is 6. The van der Waals surface area contributed by atoms with Gasteiger partial charge in [0, 0.05) is 25.8 Å². The van der Waals surface area contributed by atoms with Crippen LogP contribution in [0.25, 0.3) is 11.0 Å². The van der Waals surface area contributed by atoms with Gasteiger partial charge in [-0.15, -0.1) is 0 Å². The maximum absolute atomic E-state index is 12.9. The zero-order valence-corrected chi connectivity index (χ0v) is 14.1. The van der Waals surface area contributed by atoms with Crippen molar-refractivity contribution in [3.63, 3.8) is 0 Å². The third-order valence-corrected chi connectivity index (χ3v) is 5.29. The number of hydrogen-bond acceptors (Lipinski definition) is 8. The highest BCUT2D eigenvalue weighted by Crippen LogP contribution is 2.45. The van der Waals surface area contributed by atoms with Gasteiger partial charge in [-0.3, -0.25) is 4.79 Å². The molecule has 4 heterocycles. The molecule has 0 aromatic carbocycles. The van der Waals surface area contributed by atoms with Crippen LogP contribution < -0.4 is 10.6 Å². The van der Waals surface area contributed by atoms with Crippen molar-refractivity contribution in [3.8, 4) is 0 Å². The highest BCUT2D eigenvalue weighted by Gasteiger charge is 2.53. The largest absolute Gasteiger partial charge is 0.379 e. The molecule has 1 spiro atoms. The molecule has 1 amide bonds. The molecule has 5 rings (SSSR count). The third kappa shape index (κ3) is 2.21. The minimum Gasteiger partial charge on any atom is -0.379 e. The fraction of sp³-hybridized carbons (Fsp3) is 0.438. The predicted molar refractivity (Wildman–Crippen MR) is 92.4 cm³/mol. The Morgan fingerprint density at radius 2 is 2.15 bits per heavy atom. The fourth-order valence-corrected chi connectivity index (χ4v) is 3.83. The number of aromatic nitrogens is 5. The Balaban J connectivity index is 1.47. The summed E-state index contributed by atoms with van der Waals surface area (Å²) in [6, 6.07) is 1.99. The predicted octanol–water partition coefficient (Wildman–Crippen LogP) is 0.808. The van der Waals surface area contributed by atoms with Gasteiger partial charge in [-0.25, -0.2) is 14.6 Å². The molecule has 134 valence electrons. The van der Waals surface area contributed by atoms with E-state index in [1.54, 1.807) is 6.33 Å². The first-order chi connectivity index (χ1) is 12.7. The van der Waals surface area contributed by atoms with E-state index in [2.05, 4.69) is 34.8 Å². The summed E-state index contributed by atoms with van der Waals surface area (Å²) in [4.78, 5) is 29.0. The molecule has 0 radical (unpaired) electrons. The normalized spacial score (nSPS) is 19.1. The zero-order valence-electron chi connectivity index (χ0n) is 14.1. The number of nitrogen functional groups attached to an aromatic ring is 1. The first-order valence-corrected chi connectivity index (χ1v) is 8.61. The van der Waals surface area contributed by atoms with Crippen LogP contribution in [0.3, 0.4) is 0 Å². The molecule has 1 saturated heterocycles. The van der Waals surface area contributed by atoms with Gasteiger partial charge in [0.15, 0.2) is 0 Å². The summed E-state index contributed by atoms with van der Waals surface area (Å²) >= 11 is 0. The van der Waals surface area contributed by atoms with Crippen molar-refractivity contribution < 1.29 is 9.42 Å². The Kier molecular flexibility index (Phi) is 3.15. The molecule has 2 fully saturated rings. The summed E-state index contributed by atoms with van der Waals surface area (Å²) in [6.45, 7) is 2.18. The molecule has 1 saturated carbocycles. The van der Waals surface area contributed by atoms with Crippen LogP contribution >= 0.6 is 0 Å². The minimum atomic E-state index is -0.216. The molecule has 3 N–H and O–H groups in total. The van der Waals surface area contributed by atoms with Crippen LogP contribution in [-0.2, 0) is 0 Å². The summed E-state index contributed by atoms with van der Waals surface area (Å²) in [5, 5.41) is 8.21. The third-order valence-electron chi connectivity index (χ3n) is 5.29. The summed E-state index contributed by atoms with van der Waals surface area (Å²) in [7, 11) is 0. The van der Waals surface area contributed by atoms with Crippen molar-refractivity contribution in [2.75, 3.05) is 30.3 Å². The van der Waals surface area contributed by atoms with Gasteiger partial charge in [0.2, 0.25) is 11.5 Å². The molecule has 2 aliphatic rings. The topological polar surface area (TPSA) is 130 Å². The maximum atomic E-state index is 12.9. The van der Waals surface area contributed by atoms with E-state index >= 15 is 0 Å². The molecule has 0 atom stereocenters. The molecule has 26 heavy (non-hydrogen) atoms. The Morgan fingerprint density at radius 3 is 2.92 bits per heavy atom. The molecule has 3 aromatic heterocycles. The van der Waals surface area contributed by atoms with Gasteiger partial charge < -0.3 is 20.5 Å². The number of hydrogen-bond donors (Lipinski definition) is 2. The van der Waals surface area contributed by atoms with Crippen molar-refractivity contribution in [2.45, 2.75) is 24.8 Å². The molecular formula is C16H18N8O2. The Morgan fingerprint density at radius 1 is 1.27 bits per heavy atom. The molecule has 0 unspecified atom stereocenters. The Labute approximate surface area is 148 Å². The van der Waals surface area contributed by atoms with Crippen LogP contribution in [-0.4, -0.2) is 61.2 Å². The van der Waals surface area contributed by atoms with Crippen LogP contribution in [0.1, 0.15) is 29.8 Å². The summed E-state index contributed by atoms with van der Waals surface area (Å²) < 4.78 is 4.60. The number of anilines is 2. The molecular weight excluding hydrogens is 336 g/mol. The SMILES string of the molecule is Nc1nonc1C(=O)N1CCCN(c2ncnc3[nH]ccc23)CC12CC2. The lowest BCUT2D eigenvalue weighted by Crippen LogP contribution is -2.47. The van der Waals surface area contributed by atoms with E-state index in [-0.39, 0.29) is 23.0 Å². The zero-order chi connectivity index (χ0) is 17.7. The van der Waals surface area contributed by atoms with Crippen molar-refractivity contribution in [3.05, 3.63) is 24.3 Å². The van der Waals surface area contributed by atoms with Gasteiger partial charge in [0.25, 0.3) is 5.91 Å². The van der Waals surface area contributed by atoms with Gasteiger partial charge in [0.1, 0.15) is 17.8 Å². The Bertz CT molecular complexity index is 975.